The van der Waals surface area contributed by atoms with Gasteiger partial charge in [0.05, 0.1) is 24.8 Å². The number of nitrogens with zero attached hydrogens (tertiary/aromatic N) is 3. The molecule has 278 valence electrons. The highest BCUT2D eigenvalue weighted by Gasteiger charge is 2.39. The monoisotopic (exact) mass is 781 g/mol. The molecule has 2 aromatic heterocycles. The summed E-state index contributed by atoms with van der Waals surface area (Å²) in [5, 5.41) is 4.71. The first kappa shape index (κ1) is 39.0. The fourth-order valence-corrected chi connectivity index (χ4v) is 8.43. The van der Waals surface area contributed by atoms with Gasteiger partial charge in [0.25, 0.3) is 7.82 Å². The number of aromatic nitrogens is 3. The molecule has 0 bridgehead atoms. The average Bonchev–Trinajstić information content (AvgIpc) is 3.50. The van der Waals surface area contributed by atoms with Gasteiger partial charge in [0.1, 0.15) is 18.6 Å². The largest absolute Gasteiger partial charge is 0.756 e. The van der Waals surface area contributed by atoms with Gasteiger partial charge >= 0.3 is 21.3 Å². The first-order valence-electron chi connectivity index (χ1n) is 15.4. The van der Waals surface area contributed by atoms with Gasteiger partial charge in [-0.3, -0.25) is 18.5 Å². The van der Waals surface area contributed by atoms with Crippen molar-refractivity contribution in [3.8, 4) is 11.8 Å². The molecule has 4 aromatic rings. The summed E-state index contributed by atoms with van der Waals surface area (Å²) in [6.45, 7) is -0.208. The van der Waals surface area contributed by atoms with Crippen LogP contribution in [0.3, 0.4) is 0 Å². The number of phosphoric acid groups is 3. The van der Waals surface area contributed by atoms with E-state index >= 15 is 0 Å². The molecule has 10 N–H and O–H groups in total. The molecule has 3 heterocycles. The number of carbonyl (C=O) groups excluding carboxylic acids is 1. The van der Waals surface area contributed by atoms with E-state index < -0.39 is 48.1 Å². The Morgan fingerprint density at radius 1 is 1.02 bits per heavy atom. The normalized spacial score (nSPS) is 19.3. The molecule has 2 aromatic carbocycles. The van der Waals surface area contributed by atoms with Crippen LogP contribution in [0.1, 0.15) is 37.5 Å². The molecule has 0 radical (unpaired) electrons. The molecule has 0 saturated carbocycles. The Hall–Kier alpha value is -4.21. The number of carbonyl (C=O) groups is 1. The number of phosphoric ester groups is 1. The van der Waals surface area contributed by atoms with Crippen molar-refractivity contribution in [1.82, 2.24) is 14.9 Å². The molecular formula is C29H34N7O13P3. The van der Waals surface area contributed by atoms with Gasteiger partial charge in [0.15, 0.2) is 0 Å². The van der Waals surface area contributed by atoms with Crippen molar-refractivity contribution >= 4 is 68.4 Å². The molecule has 0 aliphatic carbocycles. The minimum Gasteiger partial charge on any atom is -0.756 e. The molecule has 1 aliphatic heterocycles. The second kappa shape index (κ2) is 15.8. The SMILES string of the molecule is Nc1ccc2cc3ccc(N)cc3[n+](CCCC(=O)NCC#Cc3cn(C4CCC(COP(=O)(O)OP(=O)(O)OP(=O)([O-])O)O4)c(=O)nc3N)c2c1. The number of nitrogens with one attached hydrogen (secondary N) is 1. The van der Waals surface area contributed by atoms with Crippen molar-refractivity contribution in [2.75, 3.05) is 30.4 Å². The van der Waals surface area contributed by atoms with Crippen LogP contribution in [-0.2, 0) is 42.9 Å². The van der Waals surface area contributed by atoms with E-state index in [4.69, 9.17) is 26.8 Å². The van der Waals surface area contributed by atoms with Gasteiger partial charge in [0.2, 0.25) is 16.9 Å². The summed E-state index contributed by atoms with van der Waals surface area (Å²) in [6, 6.07) is 13.4. The second-order valence-electron chi connectivity index (χ2n) is 11.5. The Labute approximate surface area is 294 Å². The number of nitrogen functional groups attached to an aromatic ring is 3. The maximum atomic E-state index is 12.6. The average molecular weight is 782 g/mol. The highest BCUT2D eigenvalue weighted by molar-refractivity contribution is 7.66. The highest BCUT2D eigenvalue weighted by atomic mass is 31.3. The third-order valence-corrected chi connectivity index (χ3v) is 11.4. The van der Waals surface area contributed by atoms with E-state index in [9.17, 15) is 38.0 Å². The zero-order valence-electron chi connectivity index (χ0n) is 27.1. The number of hydrogen-bond acceptors (Lipinski definition) is 14. The lowest BCUT2D eigenvalue weighted by Gasteiger charge is -2.21. The smallest absolute Gasteiger partial charge is 0.487 e. The number of anilines is 3. The molecular weight excluding hydrogens is 747 g/mol. The lowest BCUT2D eigenvalue weighted by Crippen LogP contribution is -2.36. The number of pyridine rings is 1. The zero-order valence-corrected chi connectivity index (χ0v) is 29.7. The fraction of sp³-hybridized carbons (Fsp3) is 0.310. The van der Waals surface area contributed by atoms with Crippen LogP contribution in [-0.4, -0.2) is 49.4 Å². The molecule has 1 amide bonds. The number of hydrogen-bond donors (Lipinski definition) is 7. The van der Waals surface area contributed by atoms with Crippen LogP contribution in [0.25, 0.3) is 21.8 Å². The molecule has 5 unspecified atom stereocenters. The van der Waals surface area contributed by atoms with Gasteiger partial charge in [-0.05, 0) is 43.2 Å². The number of fused-ring (bicyclic) bond motifs is 2. The molecule has 5 atom stereocenters. The van der Waals surface area contributed by atoms with Gasteiger partial charge in [-0.2, -0.15) is 13.9 Å². The Balaban J connectivity index is 1.14. The van der Waals surface area contributed by atoms with E-state index in [1.165, 1.54) is 6.20 Å². The van der Waals surface area contributed by atoms with Crippen LogP contribution in [0.4, 0.5) is 17.2 Å². The summed E-state index contributed by atoms with van der Waals surface area (Å²) >= 11 is 0. The summed E-state index contributed by atoms with van der Waals surface area (Å²) in [6.07, 6.45) is 0.500. The van der Waals surface area contributed by atoms with Crippen LogP contribution in [0, 0.1) is 11.8 Å². The molecule has 1 saturated heterocycles. The maximum absolute atomic E-state index is 12.6. The van der Waals surface area contributed by atoms with Crippen LogP contribution >= 0.6 is 23.5 Å². The maximum Gasteiger partial charge on any atom is 0.487 e. The van der Waals surface area contributed by atoms with Crippen LogP contribution in [0.2, 0.25) is 0 Å². The number of benzene rings is 2. The predicted molar refractivity (Wildman–Crippen MR) is 183 cm³/mol. The summed E-state index contributed by atoms with van der Waals surface area (Å²) in [4.78, 5) is 67.0. The van der Waals surface area contributed by atoms with E-state index in [0.717, 1.165) is 26.4 Å². The molecule has 20 nitrogen and oxygen atoms in total. The molecule has 23 heteroatoms. The lowest BCUT2D eigenvalue weighted by molar-refractivity contribution is -0.645. The van der Waals surface area contributed by atoms with Crippen molar-refractivity contribution in [2.45, 2.75) is 44.6 Å². The minimum absolute atomic E-state index is 0.0338. The van der Waals surface area contributed by atoms with Crippen molar-refractivity contribution < 1.29 is 60.5 Å². The Kier molecular flexibility index (Phi) is 11.9. The van der Waals surface area contributed by atoms with Crippen LogP contribution < -0.4 is 37.7 Å². The predicted octanol–water partition coefficient (Wildman–Crippen LogP) is 0.921. The van der Waals surface area contributed by atoms with E-state index in [0.29, 0.717) is 24.3 Å². The molecule has 1 fully saturated rings. The van der Waals surface area contributed by atoms with E-state index in [2.05, 4.69) is 45.9 Å². The summed E-state index contributed by atoms with van der Waals surface area (Å²) in [5.74, 6) is 5.11. The third kappa shape index (κ3) is 10.4. The minimum atomic E-state index is -5.79. The number of nitrogens with two attached hydrogens (primary N) is 3. The molecule has 1 aliphatic rings. The quantitative estimate of drug-likeness (QED) is 0.0326. The Morgan fingerprint density at radius 3 is 2.31 bits per heavy atom. The fourth-order valence-electron chi connectivity index (χ4n) is 5.41. The third-order valence-electron chi connectivity index (χ3n) is 7.60. The molecule has 52 heavy (non-hydrogen) atoms. The number of rotatable bonds is 13. The first-order chi connectivity index (χ1) is 24.4. The van der Waals surface area contributed by atoms with Crippen molar-refractivity contribution in [3.63, 3.8) is 0 Å². The zero-order chi connectivity index (χ0) is 37.8. The second-order valence-corrected chi connectivity index (χ2v) is 15.9. The summed E-state index contributed by atoms with van der Waals surface area (Å²) < 4.78 is 54.7. The Morgan fingerprint density at radius 2 is 1.67 bits per heavy atom. The van der Waals surface area contributed by atoms with Gasteiger partial charge in [-0.1, -0.05) is 11.8 Å². The van der Waals surface area contributed by atoms with E-state index in [1.54, 1.807) is 0 Å². The Bertz CT molecular complexity index is 2230. The number of amides is 1. The molecule has 5 rings (SSSR count). The number of ether oxygens (including phenoxy) is 1. The first-order valence-corrected chi connectivity index (χ1v) is 19.8. The van der Waals surface area contributed by atoms with Gasteiger partial charge in [0, 0.05) is 53.3 Å². The van der Waals surface area contributed by atoms with Crippen molar-refractivity contribution in [1.29, 1.82) is 0 Å². The topological polar surface area (TPSA) is 318 Å². The highest BCUT2D eigenvalue weighted by Crippen LogP contribution is 2.65. The van der Waals surface area contributed by atoms with E-state index in [1.807, 2.05) is 36.4 Å². The lowest BCUT2D eigenvalue weighted by atomic mass is 10.1. The number of aryl methyl sites for hydroxylation is 1. The van der Waals surface area contributed by atoms with Crippen molar-refractivity contribution in [3.05, 3.63) is 64.7 Å². The van der Waals surface area contributed by atoms with Gasteiger partial charge in [-0.15, -0.1) is 0 Å². The van der Waals surface area contributed by atoms with Gasteiger partial charge < -0.3 is 46.8 Å². The van der Waals surface area contributed by atoms with Crippen LogP contribution in [0.15, 0.2) is 53.5 Å². The van der Waals surface area contributed by atoms with E-state index in [-0.39, 0.29) is 43.1 Å². The summed E-state index contributed by atoms with van der Waals surface area (Å²) in [5.41, 5.74) is 20.4. The van der Waals surface area contributed by atoms with Crippen molar-refractivity contribution in [2.24, 2.45) is 0 Å². The molecule has 0 spiro atoms. The van der Waals surface area contributed by atoms with Crippen LogP contribution in [0.5, 0.6) is 0 Å². The standard InChI is InChI=1S/C29H34N7O13P3/c30-21-7-5-18-13-19-6-8-22(31)15-25(19)35(24(18)14-21)12-2-4-26(37)33-11-1-3-20-16-36(29(38)34-28(20)32)27-10-9-23(47-27)17-46-51(42,43)49-52(44,45)48-50(39,40)41/h5-8,13-16,23,27H,2,4,9-12,17H2,(H10,30,31,32,33,34,37,38,39,40,41,42,43,44,45). The van der Waals surface area contributed by atoms with Gasteiger partial charge in [-0.25, -0.2) is 18.2 Å². The summed E-state index contributed by atoms with van der Waals surface area (Å²) in [7, 11) is -16.9.